The van der Waals surface area contributed by atoms with Crippen LogP contribution in [0.25, 0.3) is 11.2 Å². The Hall–Kier alpha value is -5.41. The van der Waals surface area contributed by atoms with Crippen LogP contribution in [-0.2, 0) is 30.2 Å². The summed E-state index contributed by atoms with van der Waals surface area (Å²) in [6.07, 6.45) is 1.25. The first-order chi connectivity index (χ1) is 17.5. The quantitative estimate of drug-likeness (QED) is 0.213. The average Bonchev–Trinajstić information content (AvgIpc) is 3.24. The molecule has 0 aliphatic heterocycles. The van der Waals surface area contributed by atoms with E-state index in [9.17, 15) is 24.0 Å². The zero-order valence-corrected chi connectivity index (χ0v) is 19.8. The maximum absolute atomic E-state index is 12.7. The van der Waals surface area contributed by atoms with Crippen LogP contribution < -0.4 is 32.4 Å². The molecule has 16 heteroatoms. The minimum absolute atomic E-state index is 0.0271. The number of carbonyl (C=O) groups excluding carboxylic acids is 3. The summed E-state index contributed by atoms with van der Waals surface area (Å²) >= 11 is 0. The van der Waals surface area contributed by atoms with Gasteiger partial charge in [-0.2, -0.15) is 15.0 Å². The average molecular weight is 508 g/mol. The number of benzene rings is 1. The van der Waals surface area contributed by atoms with Gasteiger partial charge in [0.1, 0.15) is 12.3 Å². The van der Waals surface area contributed by atoms with Gasteiger partial charge in [0.2, 0.25) is 23.8 Å². The number of nitrogens with one attached hydrogen (secondary N) is 2. The number of anilines is 3. The molecule has 0 unspecified atom stereocenters. The van der Waals surface area contributed by atoms with Crippen LogP contribution in [-0.4, -0.2) is 51.4 Å². The molecule has 3 heterocycles. The standard InChI is InChI=1S/C21H20N10O6/c1-10(32)37-12-7-5-4-6-11(12)16(34)25-20-27-18(22)26-19(28-20)24-13(33)8-31-9-23-15-14(31)17(35)30(3)21(36)29(15)2/h4-7,9H,8H2,1-3H3,(H4,22,24,25,26,27,28,33,34). The van der Waals surface area contributed by atoms with Crippen LogP contribution >= 0.6 is 0 Å². The Labute approximate surface area is 206 Å². The molecule has 37 heavy (non-hydrogen) atoms. The summed E-state index contributed by atoms with van der Waals surface area (Å²) in [4.78, 5) is 77.0. The Morgan fingerprint density at radius 1 is 1.00 bits per heavy atom. The SMILES string of the molecule is CC(=O)Oc1ccccc1C(=O)Nc1nc(N)nc(NC(=O)Cn2cnc3c2c(=O)n(C)c(=O)n3C)n1. The van der Waals surface area contributed by atoms with Crippen LogP contribution in [0.4, 0.5) is 17.8 Å². The maximum Gasteiger partial charge on any atom is 0.332 e. The Morgan fingerprint density at radius 3 is 2.38 bits per heavy atom. The first-order valence-electron chi connectivity index (χ1n) is 10.6. The first kappa shape index (κ1) is 24.7. The number of carbonyl (C=O) groups is 3. The molecule has 2 amide bonds. The van der Waals surface area contributed by atoms with Gasteiger partial charge in [0.15, 0.2) is 11.2 Å². The zero-order chi connectivity index (χ0) is 26.9. The predicted octanol–water partition coefficient (Wildman–Crippen LogP) is -0.983. The number of nitrogen functional groups attached to an aromatic ring is 1. The van der Waals surface area contributed by atoms with Gasteiger partial charge in [-0.25, -0.2) is 9.78 Å². The molecule has 0 atom stereocenters. The van der Waals surface area contributed by atoms with Crippen LogP contribution in [0.1, 0.15) is 17.3 Å². The molecular formula is C21H20N10O6. The molecule has 0 saturated carbocycles. The van der Waals surface area contributed by atoms with Gasteiger partial charge < -0.3 is 15.0 Å². The summed E-state index contributed by atoms with van der Waals surface area (Å²) < 4.78 is 8.39. The largest absolute Gasteiger partial charge is 0.426 e. The summed E-state index contributed by atoms with van der Waals surface area (Å²) in [5, 5.41) is 4.81. The number of aromatic nitrogens is 7. The van der Waals surface area contributed by atoms with Gasteiger partial charge in [-0.1, -0.05) is 12.1 Å². The fourth-order valence-electron chi connectivity index (χ4n) is 3.41. The molecule has 4 aromatic rings. The third-order valence-electron chi connectivity index (χ3n) is 5.05. The fraction of sp³-hybridized carbons (Fsp3) is 0.190. The molecule has 0 aliphatic carbocycles. The van der Waals surface area contributed by atoms with Crippen molar-refractivity contribution in [3.05, 3.63) is 57.0 Å². The van der Waals surface area contributed by atoms with E-state index >= 15 is 0 Å². The number of aryl methyl sites for hydroxylation is 1. The lowest BCUT2D eigenvalue weighted by atomic mass is 10.2. The van der Waals surface area contributed by atoms with E-state index in [4.69, 9.17) is 10.5 Å². The molecule has 0 aliphatic rings. The Morgan fingerprint density at radius 2 is 1.68 bits per heavy atom. The minimum Gasteiger partial charge on any atom is -0.426 e. The number of hydrogen-bond acceptors (Lipinski definition) is 11. The third kappa shape index (κ3) is 5.02. The van der Waals surface area contributed by atoms with Crippen molar-refractivity contribution in [2.45, 2.75) is 13.5 Å². The second kappa shape index (κ2) is 9.68. The van der Waals surface area contributed by atoms with Crippen molar-refractivity contribution < 1.29 is 19.1 Å². The van der Waals surface area contributed by atoms with Gasteiger partial charge in [-0.05, 0) is 12.1 Å². The fourth-order valence-corrected chi connectivity index (χ4v) is 3.41. The molecule has 190 valence electrons. The molecular weight excluding hydrogens is 488 g/mol. The maximum atomic E-state index is 12.7. The van der Waals surface area contributed by atoms with Gasteiger partial charge in [-0.3, -0.25) is 38.9 Å². The monoisotopic (exact) mass is 508 g/mol. The van der Waals surface area contributed by atoms with Gasteiger partial charge >= 0.3 is 11.7 Å². The minimum atomic E-state index is -0.703. The molecule has 0 radical (unpaired) electrons. The summed E-state index contributed by atoms with van der Waals surface area (Å²) in [5.74, 6) is -2.79. The number of ether oxygens (including phenoxy) is 1. The lowest BCUT2D eigenvalue weighted by molar-refractivity contribution is -0.131. The second-order valence-electron chi connectivity index (χ2n) is 7.68. The summed E-state index contributed by atoms with van der Waals surface area (Å²) in [6.45, 7) is 0.828. The van der Waals surface area contributed by atoms with E-state index in [1.165, 1.54) is 48.6 Å². The Kier molecular flexibility index (Phi) is 6.47. The van der Waals surface area contributed by atoms with E-state index in [1.54, 1.807) is 12.1 Å². The van der Waals surface area contributed by atoms with E-state index in [2.05, 4.69) is 30.6 Å². The van der Waals surface area contributed by atoms with Crippen LogP contribution in [0.5, 0.6) is 5.75 Å². The van der Waals surface area contributed by atoms with Crippen LogP contribution in [0.2, 0.25) is 0 Å². The highest BCUT2D eigenvalue weighted by atomic mass is 16.5. The van der Waals surface area contributed by atoms with Gasteiger partial charge in [0, 0.05) is 21.0 Å². The summed E-state index contributed by atoms with van der Waals surface area (Å²) in [5.41, 5.74) is 4.72. The molecule has 4 rings (SSSR count). The van der Waals surface area contributed by atoms with Gasteiger partial charge in [0.05, 0.1) is 11.9 Å². The van der Waals surface area contributed by atoms with E-state index in [-0.39, 0.29) is 46.9 Å². The van der Waals surface area contributed by atoms with Crippen LogP contribution in [0.3, 0.4) is 0 Å². The molecule has 16 nitrogen and oxygen atoms in total. The lowest BCUT2D eigenvalue weighted by Crippen LogP contribution is -2.37. The molecule has 0 saturated heterocycles. The van der Waals surface area contributed by atoms with Gasteiger partial charge in [0.25, 0.3) is 11.5 Å². The molecule has 1 aromatic carbocycles. The van der Waals surface area contributed by atoms with E-state index in [0.29, 0.717) is 0 Å². The van der Waals surface area contributed by atoms with Crippen molar-refractivity contribution in [3.8, 4) is 5.75 Å². The molecule has 4 N–H and O–H groups in total. The molecule has 0 spiro atoms. The predicted molar refractivity (Wildman–Crippen MR) is 129 cm³/mol. The molecule has 0 bridgehead atoms. The number of para-hydroxylation sites is 1. The summed E-state index contributed by atoms with van der Waals surface area (Å²) in [7, 11) is 2.77. The van der Waals surface area contributed by atoms with E-state index < -0.39 is 29.0 Å². The second-order valence-corrected chi connectivity index (χ2v) is 7.68. The highest BCUT2D eigenvalue weighted by molar-refractivity contribution is 6.05. The number of nitrogens with two attached hydrogens (primary N) is 1. The molecule has 0 fully saturated rings. The highest BCUT2D eigenvalue weighted by Gasteiger charge is 2.18. The van der Waals surface area contributed by atoms with Crippen molar-refractivity contribution in [1.29, 1.82) is 0 Å². The number of hydrogen-bond donors (Lipinski definition) is 3. The van der Waals surface area contributed by atoms with Crippen molar-refractivity contribution in [1.82, 2.24) is 33.6 Å². The summed E-state index contributed by atoms with van der Waals surface area (Å²) in [6, 6.07) is 6.02. The highest BCUT2D eigenvalue weighted by Crippen LogP contribution is 2.19. The lowest BCUT2D eigenvalue weighted by Gasteiger charge is -2.10. The Balaban J connectivity index is 1.54. The third-order valence-corrected chi connectivity index (χ3v) is 5.05. The van der Waals surface area contributed by atoms with Crippen molar-refractivity contribution in [3.63, 3.8) is 0 Å². The van der Waals surface area contributed by atoms with Gasteiger partial charge in [-0.15, -0.1) is 0 Å². The number of esters is 1. The number of rotatable bonds is 6. The molecule has 3 aromatic heterocycles. The smallest absolute Gasteiger partial charge is 0.332 e. The number of imidazole rings is 1. The number of nitrogens with zero attached hydrogens (tertiary/aromatic N) is 7. The Bertz CT molecular complexity index is 1690. The topological polar surface area (TPSA) is 211 Å². The van der Waals surface area contributed by atoms with Crippen molar-refractivity contribution in [2.75, 3.05) is 16.4 Å². The van der Waals surface area contributed by atoms with Crippen molar-refractivity contribution in [2.24, 2.45) is 14.1 Å². The zero-order valence-electron chi connectivity index (χ0n) is 19.8. The van der Waals surface area contributed by atoms with Crippen LogP contribution in [0, 0.1) is 0 Å². The van der Waals surface area contributed by atoms with E-state index in [0.717, 1.165) is 4.57 Å². The first-order valence-corrected chi connectivity index (χ1v) is 10.6. The normalized spacial score (nSPS) is 10.8. The van der Waals surface area contributed by atoms with Crippen molar-refractivity contribution >= 4 is 46.8 Å². The van der Waals surface area contributed by atoms with E-state index in [1.807, 2.05) is 0 Å². The number of amides is 2. The van der Waals surface area contributed by atoms with Crippen LogP contribution in [0.15, 0.2) is 40.2 Å². The number of fused-ring (bicyclic) bond motifs is 1.